The number of nitrogens with one attached hydrogen (secondary N) is 1. The summed E-state index contributed by atoms with van der Waals surface area (Å²) in [5.74, 6) is 0.769. The van der Waals surface area contributed by atoms with Gasteiger partial charge in [-0.15, -0.1) is 0 Å². The van der Waals surface area contributed by atoms with Crippen molar-refractivity contribution in [3.8, 4) is 5.75 Å². The summed E-state index contributed by atoms with van der Waals surface area (Å²) < 4.78 is 5.59. The molecule has 22 heavy (non-hydrogen) atoms. The Morgan fingerprint density at radius 3 is 2.45 bits per heavy atom. The molecule has 2 aromatic carbocycles. The number of unbranched alkanes of at least 4 members (excludes halogenated alkanes) is 1. The van der Waals surface area contributed by atoms with Crippen molar-refractivity contribution in [1.82, 2.24) is 5.32 Å². The Morgan fingerprint density at radius 2 is 1.77 bits per heavy atom. The van der Waals surface area contributed by atoms with Crippen LogP contribution in [0, 0.1) is 0 Å². The smallest absolute Gasteiger partial charge is 0.251 e. The molecule has 2 rings (SSSR count). The highest BCUT2D eigenvalue weighted by molar-refractivity contribution is 5.94. The quantitative estimate of drug-likeness (QED) is 0.752. The van der Waals surface area contributed by atoms with E-state index in [-0.39, 0.29) is 5.91 Å². The van der Waals surface area contributed by atoms with Crippen LogP contribution in [0.15, 0.2) is 54.6 Å². The lowest BCUT2D eigenvalue weighted by Gasteiger charge is -2.08. The first-order valence-electron chi connectivity index (χ1n) is 7.84. The van der Waals surface area contributed by atoms with E-state index in [9.17, 15) is 4.79 Å². The van der Waals surface area contributed by atoms with Crippen LogP contribution in [0.4, 0.5) is 0 Å². The molecule has 0 unspecified atom stereocenters. The molecule has 3 heteroatoms. The molecule has 0 radical (unpaired) electrons. The van der Waals surface area contributed by atoms with Gasteiger partial charge in [0.05, 0.1) is 6.61 Å². The van der Waals surface area contributed by atoms with Gasteiger partial charge in [-0.2, -0.15) is 0 Å². The summed E-state index contributed by atoms with van der Waals surface area (Å²) in [5.41, 5.74) is 1.89. The van der Waals surface area contributed by atoms with Crippen molar-refractivity contribution >= 4 is 5.91 Å². The number of hydrogen-bond donors (Lipinski definition) is 1. The zero-order valence-electron chi connectivity index (χ0n) is 13.0. The molecular weight excluding hydrogens is 274 g/mol. The summed E-state index contributed by atoms with van der Waals surface area (Å²) >= 11 is 0. The highest BCUT2D eigenvalue weighted by Crippen LogP contribution is 2.12. The van der Waals surface area contributed by atoms with Gasteiger partial charge in [-0.3, -0.25) is 4.79 Å². The first-order valence-corrected chi connectivity index (χ1v) is 7.84. The van der Waals surface area contributed by atoms with Gasteiger partial charge in [0.25, 0.3) is 5.91 Å². The van der Waals surface area contributed by atoms with Gasteiger partial charge in [0.2, 0.25) is 0 Å². The molecule has 116 valence electrons. The molecule has 0 saturated carbocycles. The molecule has 2 aromatic rings. The molecule has 1 N–H and O–H groups in total. The van der Waals surface area contributed by atoms with Crippen LogP contribution in [0.1, 0.15) is 35.7 Å². The van der Waals surface area contributed by atoms with Crippen molar-refractivity contribution in [1.29, 1.82) is 0 Å². The monoisotopic (exact) mass is 297 g/mol. The van der Waals surface area contributed by atoms with E-state index in [4.69, 9.17) is 4.74 Å². The van der Waals surface area contributed by atoms with E-state index >= 15 is 0 Å². The van der Waals surface area contributed by atoms with E-state index in [0.717, 1.165) is 31.6 Å². The lowest BCUT2D eigenvalue weighted by Crippen LogP contribution is -2.25. The van der Waals surface area contributed by atoms with Crippen LogP contribution in [0.5, 0.6) is 5.75 Å². The first-order chi connectivity index (χ1) is 10.8. The van der Waals surface area contributed by atoms with Crippen molar-refractivity contribution < 1.29 is 9.53 Å². The van der Waals surface area contributed by atoms with E-state index in [0.29, 0.717) is 12.1 Å². The Morgan fingerprint density at radius 1 is 1.05 bits per heavy atom. The van der Waals surface area contributed by atoms with Gasteiger partial charge < -0.3 is 10.1 Å². The topological polar surface area (TPSA) is 38.3 Å². The molecule has 0 atom stereocenters. The second-order valence-corrected chi connectivity index (χ2v) is 5.22. The van der Waals surface area contributed by atoms with E-state index < -0.39 is 0 Å². The Bertz CT molecular complexity index is 564. The Hall–Kier alpha value is -2.29. The Kier molecular flexibility index (Phi) is 6.49. The van der Waals surface area contributed by atoms with Crippen LogP contribution in [0.2, 0.25) is 0 Å². The fourth-order valence-corrected chi connectivity index (χ4v) is 2.10. The van der Waals surface area contributed by atoms with Crippen LogP contribution < -0.4 is 10.1 Å². The highest BCUT2D eigenvalue weighted by Gasteiger charge is 2.05. The molecule has 0 aromatic heterocycles. The zero-order valence-corrected chi connectivity index (χ0v) is 13.0. The fourth-order valence-electron chi connectivity index (χ4n) is 2.10. The molecule has 0 aliphatic heterocycles. The maximum absolute atomic E-state index is 12.1. The third-order valence-corrected chi connectivity index (χ3v) is 3.43. The second-order valence-electron chi connectivity index (χ2n) is 5.22. The Labute approximate surface area is 132 Å². The summed E-state index contributed by atoms with van der Waals surface area (Å²) in [4.78, 5) is 12.1. The standard InChI is InChI=1S/C19H23NO2/c1-2-3-15-22-18-11-9-17(10-12-18)19(21)20-14-13-16-7-5-4-6-8-16/h4-12H,2-3,13-15H2,1H3,(H,20,21). The molecule has 3 nitrogen and oxygen atoms in total. The minimum Gasteiger partial charge on any atom is -0.494 e. The predicted octanol–water partition coefficient (Wildman–Crippen LogP) is 3.84. The molecule has 0 spiro atoms. The average Bonchev–Trinajstić information content (AvgIpc) is 2.56. The van der Waals surface area contributed by atoms with E-state index in [1.165, 1.54) is 5.56 Å². The van der Waals surface area contributed by atoms with E-state index in [2.05, 4.69) is 24.4 Å². The van der Waals surface area contributed by atoms with Crippen LogP contribution in [0.25, 0.3) is 0 Å². The van der Waals surface area contributed by atoms with Crippen LogP contribution in [-0.2, 0) is 6.42 Å². The highest BCUT2D eigenvalue weighted by atomic mass is 16.5. The molecule has 0 bridgehead atoms. The molecule has 0 heterocycles. The predicted molar refractivity (Wildman–Crippen MR) is 89.3 cm³/mol. The number of amides is 1. The van der Waals surface area contributed by atoms with Crippen molar-refractivity contribution in [3.05, 3.63) is 65.7 Å². The molecule has 0 saturated heterocycles. The van der Waals surface area contributed by atoms with Gasteiger partial charge in [-0.25, -0.2) is 0 Å². The van der Waals surface area contributed by atoms with E-state index in [1.54, 1.807) is 12.1 Å². The van der Waals surface area contributed by atoms with Crippen molar-refractivity contribution in [2.75, 3.05) is 13.2 Å². The lowest BCUT2D eigenvalue weighted by atomic mass is 10.1. The largest absolute Gasteiger partial charge is 0.494 e. The average molecular weight is 297 g/mol. The van der Waals surface area contributed by atoms with Crippen LogP contribution in [0.3, 0.4) is 0 Å². The number of rotatable bonds is 8. The van der Waals surface area contributed by atoms with Crippen molar-refractivity contribution in [3.63, 3.8) is 0 Å². The molecule has 0 fully saturated rings. The SMILES string of the molecule is CCCCOc1ccc(C(=O)NCCc2ccccc2)cc1. The summed E-state index contributed by atoms with van der Waals surface area (Å²) in [6.45, 7) is 3.49. The van der Waals surface area contributed by atoms with E-state index in [1.807, 2.05) is 30.3 Å². The van der Waals surface area contributed by atoms with Crippen molar-refractivity contribution in [2.45, 2.75) is 26.2 Å². The minimum absolute atomic E-state index is 0.0453. The fraction of sp³-hybridized carbons (Fsp3) is 0.316. The molecule has 0 aliphatic rings. The third-order valence-electron chi connectivity index (χ3n) is 3.43. The third kappa shape index (κ3) is 5.24. The van der Waals surface area contributed by atoms with Gasteiger partial charge in [-0.05, 0) is 42.7 Å². The summed E-state index contributed by atoms with van der Waals surface area (Å²) in [7, 11) is 0. The normalized spacial score (nSPS) is 10.2. The van der Waals surface area contributed by atoms with Crippen LogP contribution >= 0.6 is 0 Å². The molecule has 1 amide bonds. The first kappa shape index (κ1) is 16.1. The molecular formula is C19H23NO2. The molecule has 0 aliphatic carbocycles. The number of ether oxygens (including phenoxy) is 1. The minimum atomic E-state index is -0.0453. The van der Waals surface area contributed by atoms with Gasteiger partial charge in [0.15, 0.2) is 0 Å². The maximum atomic E-state index is 12.1. The maximum Gasteiger partial charge on any atom is 0.251 e. The number of carbonyl (C=O) groups is 1. The number of benzene rings is 2. The van der Waals surface area contributed by atoms with Gasteiger partial charge in [-0.1, -0.05) is 43.7 Å². The van der Waals surface area contributed by atoms with Gasteiger partial charge in [0.1, 0.15) is 5.75 Å². The number of hydrogen-bond acceptors (Lipinski definition) is 2. The van der Waals surface area contributed by atoms with Gasteiger partial charge in [0, 0.05) is 12.1 Å². The second kappa shape index (κ2) is 8.88. The number of carbonyl (C=O) groups excluding carboxylic acids is 1. The zero-order chi connectivity index (χ0) is 15.6. The van der Waals surface area contributed by atoms with Gasteiger partial charge >= 0.3 is 0 Å². The Balaban J connectivity index is 1.77. The summed E-state index contributed by atoms with van der Waals surface area (Å²) in [6.07, 6.45) is 2.99. The summed E-state index contributed by atoms with van der Waals surface area (Å²) in [5, 5.41) is 2.94. The van der Waals surface area contributed by atoms with Crippen LogP contribution in [-0.4, -0.2) is 19.1 Å². The van der Waals surface area contributed by atoms with Crippen molar-refractivity contribution in [2.24, 2.45) is 0 Å². The summed E-state index contributed by atoms with van der Waals surface area (Å²) in [6, 6.07) is 17.4. The lowest BCUT2D eigenvalue weighted by molar-refractivity contribution is 0.0954.